The maximum Gasteiger partial charge on any atom is 0.265 e. The quantitative estimate of drug-likeness (QED) is 0.729. The SMILES string of the molecule is N#CCc1nccc(CCl)c1C(F)F. The van der Waals surface area contributed by atoms with Crippen LogP contribution in [-0.4, -0.2) is 4.98 Å². The zero-order valence-electron chi connectivity index (χ0n) is 7.17. The van der Waals surface area contributed by atoms with Crippen LogP contribution in [0, 0.1) is 11.3 Å². The summed E-state index contributed by atoms with van der Waals surface area (Å²) in [4.78, 5) is 3.74. The Hall–Kier alpha value is -1.21. The molecule has 1 heterocycles. The fourth-order valence-electron chi connectivity index (χ4n) is 1.16. The van der Waals surface area contributed by atoms with E-state index in [1.54, 1.807) is 6.07 Å². The molecule has 14 heavy (non-hydrogen) atoms. The number of rotatable bonds is 3. The molecule has 0 aliphatic carbocycles. The van der Waals surface area contributed by atoms with Crippen LogP contribution in [0.5, 0.6) is 0 Å². The van der Waals surface area contributed by atoms with Gasteiger partial charge in [-0.05, 0) is 11.6 Å². The fourth-order valence-corrected chi connectivity index (χ4v) is 1.39. The Morgan fingerprint density at radius 1 is 1.57 bits per heavy atom. The van der Waals surface area contributed by atoms with Crippen LogP contribution in [0.4, 0.5) is 8.78 Å². The van der Waals surface area contributed by atoms with E-state index >= 15 is 0 Å². The number of hydrogen-bond acceptors (Lipinski definition) is 2. The summed E-state index contributed by atoms with van der Waals surface area (Å²) >= 11 is 5.50. The first kappa shape index (κ1) is 10.9. The minimum atomic E-state index is -2.64. The molecule has 0 radical (unpaired) electrons. The van der Waals surface area contributed by atoms with E-state index in [-0.39, 0.29) is 23.6 Å². The topological polar surface area (TPSA) is 36.7 Å². The fraction of sp³-hybridized carbons (Fsp3) is 0.333. The molecule has 0 N–H and O–H groups in total. The third kappa shape index (κ3) is 2.18. The monoisotopic (exact) mass is 216 g/mol. The van der Waals surface area contributed by atoms with Crippen molar-refractivity contribution in [1.29, 1.82) is 5.26 Å². The number of halogens is 3. The number of nitrogens with zero attached hydrogens (tertiary/aromatic N) is 2. The first-order valence-electron chi connectivity index (χ1n) is 3.88. The largest absolute Gasteiger partial charge is 0.265 e. The van der Waals surface area contributed by atoms with Gasteiger partial charge < -0.3 is 0 Å². The van der Waals surface area contributed by atoms with Gasteiger partial charge in [-0.15, -0.1) is 11.6 Å². The minimum absolute atomic E-state index is 0.000617. The van der Waals surface area contributed by atoms with Crippen LogP contribution < -0.4 is 0 Å². The molecule has 0 atom stereocenters. The van der Waals surface area contributed by atoms with Gasteiger partial charge in [-0.2, -0.15) is 5.26 Å². The molecule has 5 heteroatoms. The molecule has 1 aromatic heterocycles. The molecule has 0 saturated heterocycles. The molecule has 0 aliphatic heterocycles. The molecule has 0 saturated carbocycles. The van der Waals surface area contributed by atoms with Gasteiger partial charge in [-0.3, -0.25) is 4.98 Å². The lowest BCUT2D eigenvalue weighted by Crippen LogP contribution is -2.01. The van der Waals surface area contributed by atoms with E-state index in [1.807, 2.05) is 0 Å². The molecule has 74 valence electrons. The van der Waals surface area contributed by atoms with Crippen LogP contribution in [-0.2, 0) is 12.3 Å². The second-order valence-electron chi connectivity index (χ2n) is 2.60. The van der Waals surface area contributed by atoms with Gasteiger partial charge in [0.15, 0.2) is 0 Å². The Kier molecular flexibility index (Phi) is 3.78. The van der Waals surface area contributed by atoms with Gasteiger partial charge in [-0.25, -0.2) is 8.78 Å². The van der Waals surface area contributed by atoms with Gasteiger partial charge >= 0.3 is 0 Å². The van der Waals surface area contributed by atoms with E-state index in [4.69, 9.17) is 16.9 Å². The summed E-state index contributed by atoms with van der Waals surface area (Å²) in [5.41, 5.74) is 0.242. The van der Waals surface area contributed by atoms with E-state index in [9.17, 15) is 8.78 Å². The number of hydrogen-bond donors (Lipinski definition) is 0. The first-order valence-corrected chi connectivity index (χ1v) is 4.41. The zero-order valence-corrected chi connectivity index (χ0v) is 7.93. The smallest absolute Gasteiger partial charge is 0.260 e. The van der Waals surface area contributed by atoms with Crippen molar-refractivity contribution in [3.63, 3.8) is 0 Å². The lowest BCUT2D eigenvalue weighted by Gasteiger charge is -2.08. The molecule has 1 rings (SSSR count). The normalized spacial score (nSPS) is 10.2. The van der Waals surface area contributed by atoms with Crippen LogP contribution in [0.2, 0.25) is 0 Å². The summed E-state index contributed by atoms with van der Waals surface area (Å²) in [5, 5.41) is 8.42. The predicted molar refractivity (Wildman–Crippen MR) is 48.1 cm³/mol. The third-order valence-electron chi connectivity index (χ3n) is 1.77. The van der Waals surface area contributed by atoms with E-state index in [2.05, 4.69) is 4.98 Å². The maximum absolute atomic E-state index is 12.6. The van der Waals surface area contributed by atoms with Crippen LogP contribution >= 0.6 is 11.6 Å². The van der Waals surface area contributed by atoms with Crippen molar-refractivity contribution >= 4 is 11.6 Å². The van der Waals surface area contributed by atoms with Crippen molar-refractivity contribution in [3.8, 4) is 6.07 Å². The highest BCUT2D eigenvalue weighted by Gasteiger charge is 2.17. The Labute approximate surface area is 85.1 Å². The molecule has 0 bridgehead atoms. The van der Waals surface area contributed by atoms with Crippen LogP contribution in [0.3, 0.4) is 0 Å². The Balaban J connectivity index is 3.22. The molecule has 1 aromatic rings. The summed E-state index contributed by atoms with van der Waals surface area (Å²) in [6.07, 6.45) is -1.37. The van der Waals surface area contributed by atoms with E-state index < -0.39 is 6.43 Å². The van der Waals surface area contributed by atoms with Crippen molar-refractivity contribution in [3.05, 3.63) is 29.1 Å². The van der Waals surface area contributed by atoms with Gasteiger partial charge in [0.05, 0.1) is 18.2 Å². The standard InChI is InChI=1S/C9H7ClF2N2/c10-5-6-2-4-14-7(1-3-13)8(6)9(11)12/h2,4,9H,1,5H2. The van der Waals surface area contributed by atoms with Crippen LogP contribution in [0.25, 0.3) is 0 Å². The summed E-state index contributed by atoms with van der Waals surface area (Å²) in [6.45, 7) is 0. The minimum Gasteiger partial charge on any atom is -0.260 e. The van der Waals surface area contributed by atoms with Crippen LogP contribution in [0.1, 0.15) is 23.2 Å². The molecule has 0 unspecified atom stereocenters. The van der Waals surface area contributed by atoms with Gasteiger partial charge in [0.2, 0.25) is 0 Å². The van der Waals surface area contributed by atoms with Gasteiger partial charge in [0.25, 0.3) is 6.43 Å². The van der Waals surface area contributed by atoms with Crippen LogP contribution in [0.15, 0.2) is 12.3 Å². The van der Waals surface area contributed by atoms with Crippen molar-refractivity contribution in [2.24, 2.45) is 0 Å². The van der Waals surface area contributed by atoms with Gasteiger partial charge in [0.1, 0.15) is 0 Å². The van der Waals surface area contributed by atoms with Crippen molar-refractivity contribution in [2.75, 3.05) is 0 Å². The summed E-state index contributed by atoms with van der Waals surface area (Å²) < 4.78 is 25.2. The highest BCUT2D eigenvalue weighted by molar-refractivity contribution is 6.17. The molecule has 0 aromatic carbocycles. The van der Waals surface area contributed by atoms with E-state index in [0.717, 1.165) is 0 Å². The number of aromatic nitrogens is 1. The second-order valence-corrected chi connectivity index (χ2v) is 2.87. The number of nitriles is 1. The summed E-state index contributed by atoms with van der Waals surface area (Å²) in [6, 6.07) is 3.23. The average Bonchev–Trinajstić information content (AvgIpc) is 2.17. The number of alkyl halides is 3. The van der Waals surface area contributed by atoms with E-state index in [0.29, 0.717) is 5.56 Å². The third-order valence-corrected chi connectivity index (χ3v) is 2.06. The van der Waals surface area contributed by atoms with Gasteiger partial charge in [0, 0.05) is 17.6 Å². The highest BCUT2D eigenvalue weighted by atomic mass is 35.5. The second kappa shape index (κ2) is 4.87. The Bertz CT molecular complexity index is 360. The number of pyridine rings is 1. The molecule has 0 amide bonds. The predicted octanol–water partition coefficient (Wildman–Crippen LogP) is 2.82. The first-order chi connectivity index (χ1) is 6.70. The zero-order chi connectivity index (χ0) is 10.6. The van der Waals surface area contributed by atoms with Crippen molar-refractivity contribution < 1.29 is 8.78 Å². The molecule has 0 fully saturated rings. The Morgan fingerprint density at radius 3 is 2.79 bits per heavy atom. The molecular weight excluding hydrogens is 210 g/mol. The lowest BCUT2D eigenvalue weighted by molar-refractivity contribution is 0.149. The maximum atomic E-state index is 12.6. The summed E-state index contributed by atoms with van der Waals surface area (Å²) in [5.74, 6) is 0.000617. The van der Waals surface area contributed by atoms with E-state index in [1.165, 1.54) is 12.3 Å². The highest BCUT2D eigenvalue weighted by Crippen LogP contribution is 2.26. The Morgan fingerprint density at radius 2 is 2.29 bits per heavy atom. The lowest BCUT2D eigenvalue weighted by atomic mass is 10.1. The van der Waals surface area contributed by atoms with Crippen molar-refractivity contribution in [1.82, 2.24) is 4.98 Å². The molecule has 2 nitrogen and oxygen atoms in total. The molecular formula is C9H7ClF2N2. The molecule has 0 aliphatic rings. The molecule has 0 spiro atoms. The average molecular weight is 217 g/mol. The van der Waals surface area contributed by atoms with Crippen molar-refractivity contribution in [2.45, 2.75) is 18.7 Å². The van der Waals surface area contributed by atoms with Gasteiger partial charge in [-0.1, -0.05) is 0 Å². The summed E-state index contributed by atoms with van der Waals surface area (Å²) in [7, 11) is 0.